The van der Waals surface area contributed by atoms with E-state index in [1.54, 1.807) is 12.4 Å². The average molecular weight is 404 g/mol. The first-order valence-electron chi connectivity index (χ1n) is 11.7. The number of rotatable bonds is 5. The van der Waals surface area contributed by atoms with E-state index in [4.69, 9.17) is 0 Å². The monoisotopic (exact) mass is 403 g/mol. The molecule has 1 aromatic heterocycles. The lowest BCUT2D eigenvalue weighted by molar-refractivity contribution is 0.0779. The number of amides is 1. The molecule has 1 aliphatic carbocycles. The summed E-state index contributed by atoms with van der Waals surface area (Å²) in [6.07, 6.45) is 9.76. The molecule has 0 spiro atoms. The highest BCUT2D eigenvalue weighted by atomic mass is 16.2. The summed E-state index contributed by atoms with van der Waals surface area (Å²) < 4.78 is 0. The van der Waals surface area contributed by atoms with Gasteiger partial charge in [-0.2, -0.15) is 0 Å². The van der Waals surface area contributed by atoms with E-state index in [0.29, 0.717) is 23.3 Å². The van der Waals surface area contributed by atoms with E-state index in [1.807, 2.05) is 12.1 Å². The fraction of sp³-hybridized carbons (Fsp3) is 0.538. The number of hydrogen-bond donors (Lipinski definition) is 0. The summed E-state index contributed by atoms with van der Waals surface area (Å²) in [7, 11) is 0. The number of benzene rings is 1. The molecule has 2 aliphatic heterocycles. The molecule has 0 bridgehead atoms. The zero-order valence-electron chi connectivity index (χ0n) is 18.0. The van der Waals surface area contributed by atoms with E-state index in [2.05, 4.69) is 46.0 Å². The van der Waals surface area contributed by atoms with Crippen molar-refractivity contribution in [3.8, 4) is 0 Å². The van der Waals surface area contributed by atoms with E-state index < -0.39 is 0 Å². The minimum Gasteiger partial charge on any atom is -0.338 e. The molecule has 158 valence electrons. The Balaban J connectivity index is 1.21. The van der Waals surface area contributed by atoms with Crippen molar-refractivity contribution in [1.29, 1.82) is 0 Å². The first-order chi connectivity index (χ1) is 14.7. The second kappa shape index (κ2) is 8.50. The highest BCUT2D eigenvalue weighted by molar-refractivity contribution is 5.94. The number of hydrogen-bond acceptors (Lipinski definition) is 3. The van der Waals surface area contributed by atoms with Crippen LogP contribution >= 0.6 is 0 Å². The first-order valence-corrected chi connectivity index (χ1v) is 11.7. The zero-order chi connectivity index (χ0) is 20.5. The summed E-state index contributed by atoms with van der Waals surface area (Å²) in [5.74, 6) is 1.98. The molecular weight excluding hydrogens is 370 g/mol. The van der Waals surface area contributed by atoms with Gasteiger partial charge in [0.25, 0.3) is 5.91 Å². The van der Waals surface area contributed by atoms with Crippen molar-refractivity contribution in [3.63, 3.8) is 0 Å². The molecule has 1 aromatic carbocycles. The Labute approximate surface area is 180 Å². The Morgan fingerprint density at radius 3 is 2.70 bits per heavy atom. The molecule has 30 heavy (non-hydrogen) atoms. The molecule has 4 heteroatoms. The number of pyridine rings is 1. The molecule has 4 atom stereocenters. The Bertz CT molecular complexity index is 866. The van der Waals surface area contributed by atoms with Gasteiger partial charge in [-0.3, -0.25) is 9.78 Å². The van der Waals surface area contributed by atoms with Crippen LogP contribution in [0, 0.1) is 11.8 Å². The van der Waals surface area contributed by atoms with Gasteiger partial charge in [-0.15, -0.1) is 0 Å². The van der Waals surface area contributed by atoms with Gasteiger partial charge in [-0.05, 0) is 86.6 Å². The molecule has 1 saturated carbocycles. The standard InChI is InChI=1S/C26H33N3O/c1-19-4-3-14-28(19)15-12-20-6-8-21(9-7-20)24-11-10-23-17-29(18-25(23)24)26(30)22-5-2-13-27-16-22/h2,5-9,13,16,19,23-25H,3-4,10-12,14-15,17-18H2,1H3/t19-,23-,24+,25+/m1/s1. The first kappa shape index (κ1) is 19.7. The summed E-state index contributed by atoms with van der Waals surface area (Å²) in [6, 6.07) is 13.9. The van der Waals surface area contributed by atoms with Crippen molar-refractivity contribution in [1.82, 2.24) is 14.8 Å². The number of carbonyl (C=O) groups is 1. The van der Waals surface area contributed by atoms with E-state index in [1.165, 1.54) is 49.9 Å². The Morgan fingerprint density at radius 2 is 1.97 bits per heavy atom. The molecule has 1 amide bonds. The Morgan fingerprint density at radius 1 is 1.10 bits per heavy atom. The molecule has 4 nitrogen and oxygen atoms in total. The van der Waals surface area contributed by atoms with Crippen LogP contribution in [0.15, 0.2) is 48.8 Å². The van der Waals surface area contributed by atoms with Gasteiger partial charge in [0.1, 0.15) is 0 Å². The van der Waals surface area contributed by atoms with Gasteiger partial charge in [-0.1, -0.05) is 24.3 Å². The third-order valence-corrected chi connectivity index (χ3v) is 7.84. The molecule has 3 fully saturated rings. The Hall–Kier alpha value is -2.20. The second-order valence-electron chi connectivity index (χ2n) is 9.58. The molecule has 0 unspecified atom stereocenters. The molecule has 2 saturated heterocycles. The highest BCUT2D eigenvalue weighted by Crippen LogP contribution is 2.47. The van der Waals surface area contributed by atoms with Crippen LogP contribution in [-0.2, 0) is 6.42 Å². The van der Waals surface area contributed by atoms with Crippen molar-refractivity contribution in [2.45, 2.75) is 51.0 Å². The van der Waals surface area contributed by atoms with Crippen molar-refractivity contribution < 1.29 is 4.79 Å². The third kappa shape index (κ3) is 3.90. The van der Waals surface area contributed by atoms with Crippen molar-refractivity contribution >= 4 is 5.91 Å². The van der Waals surface area contributed by atoms with E-state index in [-0.39, 0.29) is 5.91 Å². The smallest absolute Gasteiger partial charge is 0.255 e. The molecule has 0 N–H and O–H groups in total. The molecule has 0 radical (unpaired) electrons. The van der Waals surface area contributed by atoms with Gasteiger partial charge in [-0.25, -0.2) is 0 Å². The highest BCUT2D eigenvalue weighted by Gasteiger charge is 2.44. The third-order valence-electron chi connectivity index (χ3n) is 7.84. The van der Waals surface area contributed by atoms with E-state index in [0.717, 1.165) is 25.6 Å². The quantitative estimate of drug-likeness (QED) is 0.744. The molecule has 5 rings (SSSR count). The maximum absolute atomic E-state index is 12.9. The summed E-state index contributed by atoms with van der Waals surface area (Å²) in [5, 5.41) is 0. The fourth-order valence-electron chi connectivity index (χ4n) is 6.05. The largest absolute Gasteiger partial charge is 0.338 e. The van der Waals surface area contributed by atoms with Crippen LogP contribution in [0.4, 0.5) is 0 Å². The van der Waals surface area contributed by atoms with Gasteiger partial charge in [0.15, 0.2) is 0 Å². The number of carbonyl (C=O) groups excluding carboxylic acids is 1. The second-order valence-corrected chi connectivity index (χ2v) is 9.58. The van der Waals surface area contributed by atoms with E-state index in [9.17, 15) is 4.79 Å². The van der Waals surface area contributed by atoms with E-state index >= 15 is 0 Å². The van der Waals surface area contributed by atoms with Gasteiger partial charge in [0.05, 0.1) is 5.56 Å². The van der Waals surface area contributed by atoms with Crippen molar-refractivity contribution in [2.24, 2.45) is 11.8 Å². The van der Waals surface area contributed by atoms with Crippen molar-refractivity contribution in [3.05, 3.63) is 65.5 Å². The SMILES string of the molecule is C[C@@H]1CCCN1CCc1ccc([C@@H]2CC[C@@H]3CN(C(=O)c4cccnc4)C[C@@H]32)cc1. The van der Waals surface area contributed by atoms with Crippen LogP contribution in [0.25, 0.3) is 0 Å². The summed E-state index contributed by atoms with van der Waals surface area (Å²) in [4.78, 5) is 21.7. The predicted molar refractivity (Wildman–Crippen MR) is 120 cm³/mol. The van der Waals surface area contributed by atoms with Crippen molar-refractivity contribution in [2.75, 3.05) is 26.2 Å². The molecule has 3 heterocycles. The molecular formula is C26H33N3O. The maximum atomic E-state index is 12.9. The topological polar surface area (TPSA) is 36.4 Å². The van der Waals surface area contributed by atoms with Crippen LogP contribution < -0.4 is 0 Å². The molecule has 3 aliphatic rings. The molecule has 2 aromatic rings. The van der Waals surface area contributed by atoms with Gasteiger partial charge >= 0.3 is 0 Å². The lowest BCUT2D eigenvalue weighted by Crippen LogP contribution is -2.30. The van der Waals surface area contributed by atoms with Crippen LogP contribution in [0.5, 0.6) is 0 Å². The van der Waals surface area contributed by atoms with Gasteiger partial charge < -0.3 is 9.80 Å². The van der Waals surface area contributed by atoms with Crippen LogP contribution in [0.1, 0.15) is 60.0 Å². The minimum atomic E-state index is 0.141. The average Bonchev–Trinajstić information content (AvgIpc) is 3.49. The lowest BCUT2D eigenvalue weighted by Gasteiger charge is -2.22. The summed E-state index contributed by atoms with van der Waals surface area (Å²) >= 11 is 0. The minimum absolute atomic E-state index is 0.141. The normalized spacial score (nSPS) is 28.8. The maximum Gasteiger partial charge on any atom is 0.255 e. The predicted octanol–water partition coefficient (Wildman–Crippen LogP) is 4.37. The fourth-order valence-corrected chi connectivity index (χ4v) is 6.05. The van der Waals surface area contributed by atoms with Gasteiger partial charge in [0.2, 0.25) is 0 Å². The number of likely N-dealkylation sites (tertiary alicyclic amines) is 2. The number of aromatic nitrogens is 1. The number of fused-ring (bicyclic) bond motifs is 1. The number of nitrogens with zero attached hydrogens (tertiary/aromatic N) is 3. The lowest BCUT2D eigenvalue weighted by atomic mass is 9.86. The summed E-state index contributed by atoms with van der Waals surface area (Å²) in [6.45, 7) is 6.59. The summed E-state index contributed by atoms with van der Waals surface area (Å²) in [5.41, 5.74) is 3.63. The zero-order valence-corrected chi connectivity index (χ0v) is 18.0. The van der Waals surface area contributed by atoms with Crippen LogP contribution in [0.2, 0.25) is 0 Å². The van der Waals surface area contributed by atoms with Crippen LogP contribution in [0.3, 0.4) is 0 Å². The van der Waals surface area contributed by atoms with Gasteiger partial charge in [0, 0.05) is 38.1 Å². The van der Waals surface area contributed by atoms with Crippen LogP contribution in [-0.4, -0.2) is 52.9 Å². The Kier molecular flexibility index (Phi) is 5.60.